The van der Waals surface area contributed by atoms with Gasteiger partial charge in [0.2, 0.25) is 17.7 Å². The van der Waals surface area contributed by atoms with E-state index in [4.69, 9.17) is 4.74 Å². The van der Waals surface area contributed by atoms with E-state index in [0.29, 0.717) is 18.4 Å². The van der Waals surface area contributed by atoms with Crippen molar-refractivity contribution in [1.29, 1.82) is 0 Å². The fraction of sp³-hybridized carbons (Fsp3) is 0.429. The molecule has 0 spiro atoms. The standard InChI is InChI=1S/C35H43N7O7/c1-6-23(19-43)38-32(45)28-16-24(49-35(48)39-26-13-9-11-22-10-7-8-12-25(22)26)18-42(28)34(47)30(21(4)5)41-33(46)29(20(2)3)40-31(44)27-17-36-14-15-37-27/h7-15,17,19-21,23-24,28-30H,6,16,18H2,1-5H3,(H,38,45)(H,39,48)(H,40,44)(H,41,46)/t23-,24+,28-,29-,30-/m0/s1. The van der Waals surface area contributed by atoms with Crippen molar-refractivity contribution in [3.05, 3.63) is 66.7 Å². The molecule has 0 unspecified atom stereocenters. The number of amides is 5. The first-order valence-electron chi connectivity index (χ1n) is 16.3. The lowest BCUT2D eigenvalue weighted by Gasteiger charge is -2.32. The third kappa shape index (κ3) is 9.15. The van der Waals surface area contributed by atoms with E-state index in [0.717, 1.165) is 10.8 Å². The Kier molecular flexibility index (Phi) is 12.4. The average Bonchev–Trinajstić information content (AvgIpc) is 3.51. The molecule has 260 valence electrons. The Labute approximate surface area is 284 Å². The summed E-state index contributed by atoms with van der Waals surface area (Å²) in [5.74, 6) is -3.16. The molecule has 49 heavy (non-hydrogen) atoms. The number of aromatic nitrogens is 2. The lowest BCUT2D eigenvalue weighted by atomic mass is 9.98. The molecule has 1 fully saturated rings. The number of aldehydes is 1. The number of nitrogens with one attached hydrogen (secondary N) is 4. The highest BCUT2D eigenvalue weighted by atomic mass is 16.6. The molecule has 1 aliphatic rings. The first kappa shape index (κ1) is 36.4. The van der Waals surface area contributed by atoms with Crippen LogP contribution in [-0.2, 0) is 23.9 Å². The number of carbonyl (C=O) groups is 6. The van der Waals surface area contributed by atoms with Gasteiger partial charge in [-0.1, -0.05) is 71.0 Å². The average molecular weight is 674 g/mol. The number of carbonyl (C=O) groups excluding carboxylic acids is 6. The minimum atomic E-state index is -1.10. The number of anilines is 1. The van der Waals surface area contributed by atoms with Gasteiger partial charge in [0.05, 0.1) is 24.5 Å². The molecule has 0 radical (unpaired) electrons. The Bertz CT molecular complexity index is 1660. The van der Waals surface area contributed by atoms with Gasteiger partial charge in [-0.15, -0.1) is 0 Å². The van der Waals surface area contributed by atoms with Crippen LogP contribution in [0.3, 0.4) is 0 Å². The number of fused-ring (bicyclic) bond motifs is 1. The van der Waals surface area contributed by atoms with E-state index in [1.165, 1.54) is 23.5 Å². The zero-order valence-electron chi connectivity index (χ0n) is 28.2. The second kappa shape index (κ2) is 16.6. The molecule has 2 aromatic carbocycles. The van der Waals surface area contributed by atoms with Crippen LogP contribution < -0.4 is 21.3 Å². The van der Waals surface area contributed by atoms with Crippen molar-refractivity contribution in [1.82, 2.24) is 30.8 Å². The number of ether oxygens (including phenoxy) is 1. The minimum Gasteiger partial charge on any atom is -0.444 e. The van der Waals surface area contributed by atoms with E-state index >= 15 is 0 Å². The van der Waals surface area contributed by atoms with Gasteiger partial charge in [0.1, 0.15) is 36.2 Å². The van der Waals surface area contributed by atoms with Gasteiger partial charge in [0.25, 0.3) is 5.91 Å². The monoisotopic (exact) mass is 673 g/mol. The van der Waals surface area contributed by atoms with E-state index in [9.17, 15) is 28.8 Å². The van der Waals surface area contributed by atoms with Crippen LogP contribution in [0.25, 0.3) is 10.8 Å². The molecule has 3 aromatic rings. The zero-order valence-corrected chi connectivity index (χ0v) is 28.2. The Balaban J connectivity index is 1.52. The molecule has 14 heteroatoms. The molecule has 5 atom stereocenters. The van der Waals surface area contributed by atoms with Gasteiger partial charge in [-0.05, 0) is 29.7 Å². The third-order valence-corrected chi connectivity index (χ3v) is 8.34. The van der Waals surface area contributed by atoms with Crippen molar-refractivity contribution >= 4 is 52.5 Å². The fourth-order valence-electron chi connectivity index (χ4n) is 5.61. The molecule has 1 aliphatic heterocycles. The summed E-state index contributed by atoms with van der Waals surface area (Å²) in [6.45, 7) is 8.57. The van der Waals surface area contributed by atoms with Crippen molar-refractivity contribution in [2.45, 2.75) is 77.7 Å². The summed E-state index contributed by atoms with van der Waals surface area (Å²) < 4.78 is 5.72. The van der Waals surface area contributed by atoms with Gasteiger partial charge in [-0.25, -0.2) is 9.78 Å². The molecule has 2 heterocycles. The molecule has 1 aromatic heterocycles. The Morgan fingerprint density at radius 2 is 1.65 bits per heavy atom. The highest BCUT2D eigenvalue weighted by Crippen LogP contribution is 2.26. The molecular formula is C35H43N7O7. The summed E-state index contributed by atoms with van der Waals surface area (Å²) >= 11 is 0. The predicted octanol–water partition coefficient (Wildman–Crippen LogP) is 2.84. The largest absolute Gasteiger partial charge is 0.444 e. The van der Waals surface area contributed by atoms with Gasteiger partial charge >= 0.3 is 6.09 Å². The summed E-state index contributed by atoms with van der Waals surface area (Å²) in [7, 11) is 0. The number of likely N-dealkylation sites (tertiary alicyclic amines) is 1. The first-order valence-corrected chi connectivity index (χ1v) is 16.3. The summed E-state index contributed by atoms with van der Waals surface area (Å²) in [6.07, 6.45) is 3.34. The number of hydrogen-bond donors (Lipinski definition) is 4. The minimum absolute atomic E-state index is 0.0274. The van der Waals surface area contributed by atoms with Crippen molar-refractivity contribution in [3.8, 4) is 0 Å². The quantitative estimate of drug-likeness (QED) is 0.198. The molecule has 0 bridgehead atoms. The van der Waals surface area contributed by atoms with E-state index in [-0.39, 0.29) is 24.6 Å². The van der Waals surface area contributed by atoms with E-state index in [1.54, 1.807) is 46.8 Å². The Morgan fingerprint density at radius 1 is 0.939 bits per heavy atom. The molecule has 14 nitrogen and oxygen atoms in total. The van der Waals surface area contributed by atoms with Crippen molar-refractivity contribution in [3.63, 3.8) is 0 Å². The summed E-state index contributed by atoms with van der Waals surface area (Å²) in [6, 6.07) is 8.99. The lowest BCUT2D eigenvalue weighted by Crippen LogP contribution is -2.59. The summed E-state index contributed by atoms with van der Waals surface area (Å²) in [5, 5.41) is 12.6. The highest BCUT2D eigenvalue weighted by Gasteiger charge is 2.45. The second-order valence-corrected chi connectivity index (χ2v) is 12.6. The number of hydrogen-bond acceptors (Lipinski definition) is 9. The summed E-state index contributed by atoms with van der Waals surface area (Å²) in [5.41, 5.74) is 0.563. The van der Waals surface area contributed by atoms with Gasteiger partial charge < -0.3 is 30.4 Å². The maximum absolute atomic E-state index is 14.2. The SMILES string of the molecule is CC[C@@H](C=O)NC(=O)[C@@H]1C[C@@H](OC(=O)Nc2cccc3ccccc23)CN1C(=O)[C@@H](NC(=O)[C@@H](NC(=O)c1cnccn1)C(C)C)C(C)C. The molecule has 0 aliphatic carbocycles. The van der Waals surface area contributed by atoms with E-state index in [1.807, 2.05) is 30.3 Å². The molecule has 4 rings (SSSR count). The van der Waals surface area contributed by atoms with Gasteiger partial charge in [-0.2, -0.15) is 0 Å². The van der Waals surface area contributed by atoms with Crippen LogP contribution in [0.1, 0.15) is 57.9 Å². The predicted molar refractivity (Wildman–Crippen MR) is 181 cm³/mol. The van der Waals surface area contributed by atoms with Crippen molar-refractivity contribution in [2.75, 3.05) is 11.9 Å². The van der Waals surface area contributed by atoms with E-state index in [2.05, 4.69) is 31.2 Å². The van der Waals surface area contributed by atoms with Crippen LogP contribution in [0.5, 0.6) is 0 Å². The topological polar surface area (TPSA) is 189 Å². The van der Waals surface area contributed by atoms with Crippen LogP contribution in [-0.4, -0.2) is 87.7 Å². The number of benzene rings is 2. The van der Waals surface area contributed by atoms with Gasteiger partial charge in [-0.3, -0.25) is 29.5 Å². The first-order chi connectivity index (χ1) is 23.4. The van der Waals surface area contributed by atoms with Crippen LogP contribution in [0, 0.1) is 11.8 Å². The second-order valence-electron chi connectivity index (χ2n) is 12.6. The van der Waals surface area contributed by atoms with Crippen LogP contribution >= 0.6 is 0 Å². The maximum Gasteiger partial charge on any atom is 0.411 e. The number of nitrogens with zero attached hydrogens (tertiary/aromatic N) is 3. The van der Waals surface area contributed by atoms with Gasteiger partial charge in [0.15, 0.2) is 0 Å². The van der Waals surface area contributed by atoms with Crippen molar-refractivity contribution in [2.24, 2.45) is 11.8 Å². The zero-order chi connectivity index (χ0) is 35.7. The fourth-order valence-corrected chi connectivity index (χ4v) is 5.61. The Morgan fingerprint density at radius 3 is 2.31 bits per heavy atom. The smallest absolute Gasteiger partial charge is 0.411 e. The maximum atomic E-state index is 14.2. The molecule has 0 saturated carbocycles. The molecule has 4 N–H and O–H groups in total. The molecule has 5 amide bonds. The van der Waals surface area contributed by atoms with Crippen LogP contribution in [0.4, 0.5) is 10.5 Å². The highest BCUT2D eigenvalue weighted by molar-refractivity contribution is 6.00. The van der Waals surface area contributed by atoms with Crippen molar-refractivity contribution < 1.29 is 33.5 Å². The number of rotatable bonds is 13. The summed E-state index contributed by atoms with van der Waals surface area (Å²) in [4.78, 5) is 87.7. The molecule has 1 saturated heterocycles. The lowest BCUT2D eigenvalue weighted by molar-refractivity contribution is -0.143. The van der Waals surface area contributed by atoms with Gasteiger partial charge in [0, 0.05) is 24.2 Å². The third-order valence-electron chi connectivity index (χ3n) is 8.34. The van der Waals surface area contributed by atoms with Crippen LogP contribution in [0.2, 0.25) is 0 Å². The normalized spacial score (nSPS) is 17.6. The van der Waals surface area contributed by atoms with E-state index < -0.39 is 65.9 Å². The Hall–Kier alpha value is -5.40. The molecular weight excluding hydrogens is 630 g/mol. The van der Waals surface area contributed by atoms with Crippen LogP contribution in [0.15, 0.2) is 61.1 Å².